The molecule has 4 rings (SSSR count). The molecule has 2 aliphatic rings. The summed E-state index contributed by atoms with van der Waals surface area (Å²) in [5.74, 6) is 0.255. The molecule has 2 aliphatic heterocycles. The van der Waals surface area contributed by atoms with Crippen molar-refractivity contribution in [2.45, 2.75) is 39.2 Å². The molecule has 2 N–H and O–H groups in total. The summed E-state index contributed by atoms with van der Waals surface area (Å²) in [5, 5.41) is 14.4. The van der Waals surface area contributed by atoms with E-state index in [1.807, 2.05) is 52.0 Å². The molecule has 0 aliphatic carbocycles. The Morgan fingerprint density at radius 1 is 1.28 bits per heavy atom. The lowest BCUT2D eigenvalue weighted by Gasteiger charge is -2.28. The van der Waals surface area contributed by atoms with E-state index in [4.69, 9.17) is 15.2 Å². The molecule has 8 nitrogen and oxygen atoms in total. The largest absolute Gasteiger partial charge is 0.447 e. The van der Waals surface area contributed by atoms with Crippen LogP contribution in [0.25, 0.3) is 0 Å². The molecule has 1 aromatic carbocycles. The first-order valence-electron chi connectivity index (χ1n) is 9.44. The van der Waals surface area contributed by atoms with E-state index in [1.165, 1.54) is 0 Å². The Morgan fingerprint density at radius 3 is 2.52 bits per heavy atom. The lowest BCUT2D eigenvalue weighted by Crippen LogP contribution is -2.27. The average Bonchev–Trinajstić information content (AvgIpc) is 3.24. The average molecular weight is 393 g/mol. The van der Waals surface area contributed by atoms with Crippen molar-refractivity contribution >= 4 is 11.8 Å². The third kappa shape index (κ3) is 2.99. The van der Waals surface area contributed by atoms with Gasteiger partial charge in [0.25, 0.3) is 0 Å². The molecule has 1 fully saturated rings. The standard InChI is InChI=1S/C21H23N5O3/c1-12-16-17(13-5-7-14(8-6-13)25-9-10-28-20(25)27)15(11-22)18(23)29-19(16)26(24-12)21(2,3)4/h5-8,17H,9-10,23H2,1-4H3. The van der Waals surface area contributed by atoms with Gasteiger partial charge in [-0.05, 0) is 45.4 Å². The van der Waals surface area contributed by atoms with Gasteiger partial charge in [-0.3, -0.25) is 4.90 Å². The fourth-order valence-corrected chi connectivity index (χ4v) is 3.78. The number of aromatic nitrogens is 2. The molecule has 2 aromatic rings. The van der Waals surface area contributed by atoms with Crippen LogP contribution in [0.2, 0.25) is 0 Å². The zero-order chi connectivity index (χ0) is 20.9. The van der Waals surface area contributed by atoms with E-state index < -0.39 is 0 Å². The van der Waals surface area contributed by atoms with Crippen LogP contribution in [0.1, 0.15) is 43.5 Å². The molecule has 150 valence electrons. The minimum Gasteiger partial charge on any atom is -0.447 e. The fourth-order valence-electron chi connectivity index (χ4n) is 3.78. The number of nitrogens with two attached hydrogens (primary N) is 1. The summed E-state index contributed by atoms with van der Waals surface area (Å²) in [4.78, 5) is 13.4. The minimum absolute atomic E-state index is 0.0857. The second-order valence-electron chi connectivity index (χ2n) is 8.17. The van der Waals surface area contributed by atoms with Crippen molar-refractivity contribution in [2.24, 2.45) is 5.73 Å². The molecule has 3 heterocycles. The number of nitrogens with zero attached hydrogens (tertiary/aromatic N) is 4. The molecule has 0 saturated carbocycles. The molecule has 29 heavy (non-hydrogen) atoms. The van der Waals surface area contributed by atoms with E-state index >= 15 is 0 Å². The van der Waals surface area contributed by atoms with Gasteiger partial charge in [-0.15, -0.1) is 0 Å². The Kier molecular flexibility index (Phi) is 4.26. The number of cyclic esters (lactones) is 1. The number of ether oxygens (including phenoxy) is 2. The van der Waals surface area contributed by atoms with E-state index in [1.54, 1.807) is 9.58 Å². The third-order valence-corrected chi connectivity index (χ3v) is 5.17. The van der Waals surface area contributed by atoms with Gasteiger partial charge < -0.3 is 15.2 Å². The van der Waals surface area contributed by atoms with Crippen LogP contribution in [0, 0.1) is 18.3 Å². The number of carbonyl (C=O) groups excluding carboxylic acids is 1. The summed E-state index contributed by atoms with van der Waals surface area (Å²) in [7, 11) is 0. The van der Waals surface area contributed by atoms with Crippen LogP contribution in [0.5, 0.6) is 5.88 Å². The SMILES string of the molecule is Cc1nn(C(C)(C)C)c2c1C(c1ccc(N3CCOC3=O)cc1)C(C#N)=C(N)O2. The van der Waals surface area contributed by atoms with E-state index in [2.05, 4.69) is 11.2 Å². The van der Waals surface area contributed by atoms with Crippen molar-refractivity contribution in [1.82, 2.24) is 9.78 Å². The van der Waals surface area contributed by atoms with Gasteiger partial charge in [0.2, 0.25) is 11.8 Å². The molecule has 0 radical (unpaired) electrons. The summed E-state index contributed by atoms with van der Waals surface area (Å²) in [5.41, 5.74) is 9.41. The number of carbonyl (C=O) groups is 1. The van der Waals surface area contributed by atoms with Crippen LogP contribution >= 0.6 is 0 Å². The number of rotatable bonds is 2. The molecule has 1 amide bonds. The number of nitriles is 1. The van der Waals surface area contributed by atoms with E-state index in [-0.39, 0.29) is 23.4 Å². The molecule has 0 bridgehead atoms. The highest BCUT2D eigenvalue weighted by molar-refractivity contribution is 5.89. The number of anilines is 1. The van der Waals surface area contributed by atoms with Gasteiger partial charge in [0.15, 0.2) is 0 Å². The van der Waals surface area contributed by atoms with Crippen molar-refractivity contribution in [3.05, 3.63) is 52.5 Å². The molecule has 8 heteroatoms. The highest BCUT2D eigenvalue weighted by atomic mass is 16.6. The van der Waals surface area contributed by atoms with Crippen molar-refractivity contribution in [3.8, 4) is 11.9 Å². The van der Waals surface area contributed by atoms with E-state index in [9.17, 15) is 10.1 Å². The minimum atomic E-state index is -0.389. The highest BCUT2D eigenvalue weighted by Crippen LogP contribution is 2.45. The van der Waals surface area contributed by atoms with Gasteiger partial charge in [0.05, 0.1) is 29.3 Å². The number of hydrogen-bond acceptors (Lipinski definition) is 6. The van der Waals surface area contributed by atoms with Gasteiger partial charge >= 0.3 is 6.09 Å². The smallest absolute Gasteiger partial charge is 0.414 e. The molecule has 1 aromatic heterocycles. The third-order valence-electron chi connectivity index (χ3n) is 5.17. The predicted molar refractivity (Wildman–Crippen MR) is 106 cm³/mol. The van der Waals surface area contributed by atoms with Crippen LogP contribution in [-0.2, 0) is 10.3 Å². The number of allylic oxidation sites excluding steroid dienone is 1. The van der Waals surface area contributed by atoms with E-state index in [0.717, 1.165) is 22.5 Å². The van der Waals surface area contributed by atoms with Crippen molar-refractivity contribution in [2.75, 3.05) is 18.1 Å². The molecule has 1 unspecified atom stereocenters. The van der Waals surface area contributed by atoms with Gasteiger partial charge in [-0.2, -0.15) is 10.4 Å². The summed E-state index contributed by atoms with van der Waals surface area (Å²) in [6.45, 7) is 8.90. The Morgan fingerprint density at radius 2 is 1.97 bits per heavy atom. The fraction of sp³-hybridized carbons (Fsp3) is 0.381. The summed E-state index contributed by atoms with van der Waals surface area (Å²) >= 11 is 0. The maximum absolute atomic E-state index is 11.8. The van der Waals surface area contributed by atoms with Crippen LogP contribution in [-0.4, -0.2) is 29.0 Å². The molecular formula is C21H23N5O3. The quantitative estimate of drug-likeness (QED) is 0.840. The Hall–Kier alpha value is -3.47. The summed E-state index contributed by atoms with van der Waals surface area (Å²) in [6.07, 6.45) is -0.352. The van der Waals surface area contributed by atoms with E-state index in [0.29, 0.717) is 24.6 Å². The first-order valence-corrected chi connectivity index (χ1v) is 9.44. The van der Waals surface area contributed by atoms with Crippen LogP contribution in [0.3, 0.4) is 0 Å². The predicted octanol–water partition coefficient (Wildman–Crippen LogP) is 3.12. The first-order chi connectivity index (χ1) is 13.7. The van der Waals surface area contributed by atoms with Gasteiger partial charge in [-0.25, -0.2) is 9.48 Å². The highest BCUT2D eigenvalue weighted by Gasteiger charge is 2.38. The maximum Gasteiger partial charge on any atom is 0.414 e. The maximum atomic E-state index is 11.8. The second-order valence-corrected chi connectivity index (χ2v) is 8.17. The monoisotopic (exact) mass is 393 g/mol. The molecular weight excluding hydrogens is 370 g/mol. The molecule has 1 saturated heterocycles. The molecule has 0 spiro atoms. The van der Waals surface area contributed by atoms with Crippen molar-refractivity contribution < 1.29 is 14.3 Å². The van der Waals surface area contributed by atoms with Gasteiger partial charge in [0.1, 0.15) is 18.2 Å². The number of hydrogen-bond donors (Lipinski definition) is 1. The summed E-state index contributed by atoms with van der Waals surface area (Å²) < 4.78 is 12.7. The number of amides is 1. The zero-order valence-electron chi connectivity index (χ0n) is 16.9. The lowest BCUT2D eigenvalue weighted by atomic mass is 9.84. The van der Waals surface area contributed by atoms with Crippen LogP contribution in [0.15, 0.2) is 35.7 Å². The van der Waals surface area contributed by atoms with Gasteiger partial charge in [-0.1, -0.05) is 12.1 Å². The first kappa shape index (κ1) is 18.9. The van der Waals surface area contributed by atoms with Crippen LogP contribution in [0.4, 0.5) is 10.5 Å². The van der Waals surface area contributed by atoms with Crippen molar-refractivity contribution in [3.63, 3.8) is 0 Å². The number of aryl methyl sites for hydroxylation is 1. The molecule has 1 atom stereocenters. The number of fused-ring (bicyclic) bond motifs is 1. The van der Waals surface area contributed by atoms with Gasteiger partial charge in [0, 0.05) is 5.69 Å². The zero-order valence-corrected chi connectivity index (χ0v) is 16.9. The Labute approximate surface area is 169 Å². The topological polar surface area (TPSA) is 106 Å². The Bertz CT molecular complexity index is 1050. The second kappa shape index (κ2) is 6.55. The Balaban J connectivity index is 1.82. The summed E-state index contributed by atoms with van der Waals surface area (Å²) in [6, 6.07) is 9.71. The lowest BCUT2D eigenvalue weighted by molar-refractivity contribution is 0.181. The van der Waals surface area contributed by atoms with Crippen LogP contribution < -0.4 is 15.4 Å². The van der Waals surface area contributed by atoms with Crippen molar-refractivity contribution in [1.29, 1.82) is 5.26 Å². The normalized spacial score (nSPS) is 18.9. The number of benzene rings is 1.